The minimum atomic E-state index is -0.532. The van der Waals surface area contributed by atoms with Crippen LogP contribution in [0.15, 0.2) is 18.2 Å². The Morgan fingerprint density at radius 1 is 1.42 bits per heavy atom. The molecule has 0 radical (unpaired) electrons. The number of amides is 1. The van der Waals surface area contributed by atoms with Gasteiger partial charge in [-0.05, 0) is 63.9 Å². The molecule has 4 nitrogen and oxygen atoms in total. The van der Waals surface area contributed by atoms with Gasteiger partial charge in [0, 0.05) is 12.6 Å². The van der Waals surface area contributed by atoms with Gasteiger partial charge in [0.05, 0.1) is 5.02 Å². The van der Waals surface area contributed by atoms with Crippen molar-refractivity contribution in [2.45, 2.75) is 52.2 Å². The SMILES string of the molecule is CCCN(C(=O)C(C)Oc1cc(C)ccc1Cl)C1CCNCC1.Cl. The quantitative estimate of drug-likeness (QED) is 0.822. The van der Waals surface area contributed by atoms with Crippen LogP contribution in [-0.2, 0) is 4.79 Å². The molecule has 1 saturated heterocycles. The van der Waals surface area contributed by atoms with E-state index in [0.29, 0.717) is 16.8 Å². The second-order valence-corrected chi connectivity index (χ2v) is 6.61. The molecule has 6 heteroatoms. The lowest BCUT2D eigenvalue weighted by Gasteiger charge is -2.36. The van der Waals surface area contributed by atoms with Crippen molar-refractivity contribution in [2.24, 2.45) is 0 Å². The van der Waals surface area contributed by atoms with Gasteiger partial charge in [0.2, 0.25) is 0 Å². The van der Waals surface area contributed by atoms with E-state index in [1.165, 1.54) is 0 Å². The Morgan fingerprint density at radius 2 is 2.08 bits per heavy atom. The molecular weight excluding hydrogens is 347 g/mol. The van der Waals surface area contributed by atoms with Crippen molar-refractivity contribution >= 4 is 29.9 Å². The zero-order valence-corrected chi connectivity index (χ0v) is 16.3. The summed E-state index contributed by atoms with van der Waals surface area (Å²) >= 11 is 6.18. The fourth-order valence-corrected chi connectivity index (χ4v) is 3.17. The first-order valence-corrected chi connectivity index (χ1v) is 8.84. The summed E-state index contributed by atoms with van der Waals surface area (Å²) < 4.78 is 5.87. The minimum Gasteiger partial charge on any atom is -0.479 e. The number of piperidine rings is 1. The van der Waals surface area contributed by atoms with Crippen LogP contribution < -0.4 is 10.1 Å². The summed E-state index contributed by atoms with van der Waals surface area (Å²) in [6, 6.07) is 5.92. The second kappa shape index (κ2) is 10.1. The summed E-state index contributed by atoms with van der Waals surface area (Å²) in [6.07, 6.45) is 2.43. The third kappa shape index (κ3) is 5.54. The average molecular weight is 375 g/mol. The average Bonchev–Trinajstić information content (AvgIpc) is 2.56. The van der Waals surface area contributed by atoms with Gasteiger partial charge in [-0.1, -0.05) is 24.6 Å². The van der Waals surface area contributed by atoms with Gasteiger partial charge in [0.15, 0.2) is 6.10 Å². The maximum atomic E-state index is 12.9. The molecule has 0 bridgehead atoms. The van der Waals surface area contributed by atoms with Crippen LogP contribution in [0, 0.1) is 6.92 Å². The van der Waals surface area contributed by atoms with Crippen molar-refractivity contribution < 1.29 is 9.53 Å². The lowest BCUT2D eigenvalue weighted by atomic mass is 10.0. The van der Waals surface area contributed by atoms with Crippen LogP contribution in [0.3, 0.4) is 0 Å². The number of nitrogens with one attached hydrogen (secondary N) is 1. The molecule has 1 aliphatic heterocycles. The third-order valence-electron chi connectivity index (χ3n) is 4.24. The highest BCUT2D eigenvalue weighted by Gasteiger charge is 2.29. The number of halogens is 2. The van der Waals surface area contributed by atoms with Crippen LogP contribution in [-0.4, -0.2) is 42.6 Å². The molecule has 0 spiro atoms. The van der Waals surface area contributed by atoms with E-state index in [0.717, 1.165) is 44.5 Å². The molecule has 2 rings (SSSR count). The molecule has 1 N–H and O–H groups in total. The van der Waals surface area contributed by atoms with E-state index in [2.05, 4.69) is 12.2 Å². The molecule has 1 aromatic carbocycles. The zero-order chi connectivity index (χ0) is 16.8. The minimum absolute atomic E-state index is 0. The van der Waals surface area contributed by atoms with Crippen molar-refractivity contribution in [2.75, 3.05) is 19.6 Å². The number of benzene rings is 1. The van der Waals surface area contributed by atoms with Crippen molar-refractivity contribution in [3.63, 3.8) is 0 Å². The van der Waals surface area contributed by atoms with E-state index >= 15 is 0 Å². The van der Waals surface area contributed by atoms with Gasteiger partial charge in [-0.25, -0.2) is 0 Å². The summed E-state index contributed by atoms with van der Waals surface area (Å²) in [5.74, 6) is 0.630. The fraction of sp³-hybridized carbons (Fsp3) is 0.611. The third-order valence-corrected chi connectivity index (χ3v) is 4.55. The van der Waals surface area contributed by atoms with Gasteiger partial charge in [0.1, 0.15) is 5.75 Å². The summed E-state index contributed by atoms with van der Waals surface area (Å²) in [7, 11) is 0. The molecule has 1 atom stereocenters. The number of ether oxygens (including phenoxy) is 1. The molecule has 1 aliphatic rings. The van der Waals surface area contributed by atoms with E-state index in [1.54, 1.807) is 6.07 Å². The van der Waals surface area contributed by atoms with Crippen LogP contribution in [0.1, 0.15) is 38.7 Å². The highest BCUT2D eigenvalue weighted by Crippen LogP contribution is 2.27. The van der Waals surface area contributed by atoms with Crippen LogP contribution >= 0.6 is 24.0 Å². The second-order valence-electron chi connectivity index (χ2n) is 6.21. The normalized spacial score (nSPS) is 16.2. The van der Waals surface area contributed by atoms with Crippen LogP contribution in [0.2, 0.25) is 5.02 Å². The number of hydrogen-bond donors (Lipinski definition) is 1. The Morgan fingerprint density at radius 3 is 2.71 bits per heavy atom. The van der Waals surface area contributed by atoms with E-state index in [1.807, 2.05) is 30.9 Å². The van der Waals surface area contributed by atoms with Crippen LogP contribution in [0.25, 0.3) is 0 Å². The Bertz CT molecular complexity index is 534. The molecule has 0 aliphatic carbocycles. The van der Waals surface area contributed by atoms with Crippen LogP contribution in [0.4, 0.5) is 0 Å². The summed E-state index contributed by atoms with van der Waals surface area (Å²) in [5, 5.41) is 3.89. The maximum Gasteiger partial charge on any atom is 0.263 e. The Labute approximate surface area is 156 Å². The standard InChI is InChI=1S/C18H27ClN2O2.ClH/c1-4-11-21(15-7-9-20-10-8-15)18(22)14(3)23-17-12-13(2)5-6-16(17)19;/h5-6,12,14-15,20H,4,7-11H2,1-3H3;1H. The molecule has 1 amide bonds. The first-order chi connectivity index (χ1) is 11.0. The molecule has 1 aromatic rings. The number of aryl methyl sites for hydroxylation is 1. The maximum absolute atomic E-state index is 12.9. The predicted octanol–water partition coefficient (Wildman–Crippen LogP) is 3.83. The number of rotatable bonds is 6. The van der Waals surface area contributed by atoms with Crippen molar-refractivity contribution in [3.05, 3.63) is 28.8 Å². The molecule has 24 heavy (non-hydrogen) atoms. The summed E-state index contributed by atoms with van der Waals surface area (Å²) in [4.78, 5) is 14.9. The largest absolute Gasteiger partial charge is 0.479 e. The van der Waals surface area contributed by atoms with Gasteiger partial charge >= 0.3 is 0 Å². The number of carbonyl (C=O) groups is 1. The topological polar surface area (TPSA) is 41.6 Å². The van der Waals surface area contributed by atoms with E-state index in [9.17, 15) is 4.79 Å². The highest BCUT2D eigenvalue weighted by atomic mass is 35.5. The Hall–Kier alpha value is -0.970. The Kier molecular flexibility index (Phi) is 8.88. The molecule has 136 valence electrons. The Balaban J connectivity index is 0.00000288. The lowest BCUT2D eigenvalue weighted by Crippen LogP contribution is -2.50. The van der Waals surface area contributed by atoms with E-state index in [-0.39, 0.29) is 18.3 Å². The molecule has 0 saturated carbocycles. The highest BCUT2D eigenvalue weighted by molar-refractivity contribution is 6.32. The van der Waals surface area contributed by atoms with Gasteiger partial charge < -0.3 is 15.0 Å². The number of carbonyl (C=O) groups excluding carboxylic acids is 1. The smallest absolute Gasteiger partial charge is 0.263 e. The molecule has 1 fully saturated rings. The molecular formula is C18H28Cl2N2O2. The van der Waals surface area contributed by atoms with Crippen molar-refractivity contribution in [1.82, 2.24) is 10.2 Å². The first kappa shape index (κ1) is 21.1. The zero-order valence-electron chi connectivity index (χ0n) is 14.7. The molecule has 1 unspecified atom stereocenters. The summed E-state index contributed by atoms with van der Waals surface area (Å²) in [5.41, 5.74) is 1.06. The number of nitrogens with zero attached hydrogens (tertiary/aromatic N) is 1. The van der Waals surface area contributed by atoms with Crippen molar-refractivity contribution in [3.8, 4) is 5.75 Å². The van der Waals surface area contributed by atoms with Gasteiger partial charge in [-0.2, -0.15) is 0 Å². The summed E-state index contributed by atoms with van der Waals surface area (Å²) in [6.45, 7) is 8.61. The monoisotopic (exact) mass is 374 g/mol. The van der Waals surface area contributed by atoms with Crippen molar-refractivity contribution in [1.29, 1.82) is 0 Å². The molecule has 1 heterocycles. The lowest BCUT2D eigenvalue weighted by molar-refractivity contribution is -0.141. The van der Waals surface area contributed by atoms with Crippen LogP contribution in [0.5, 0.6) is 5.75 Å². The number of hydrogen-bond acceptors (Lipinski definition) is 3. The van der Waals surface area contributed by atoms with Gasteiger partial charge in [-0.3, -0.25) is 4.79 Å². The fourth-order valence-electron chi connectivity index (χ4n) is 3.01. The van der Waals surface area contributed by atoms with E-state index in [4.69, 9.17) is 16.3 Å². The van der Waals surface area contributed by atoms with E-state index < -0.39 is 6.10 Å². The van der Waals surface area contributed by atoms with Gasteiger partial charge in [0.25, 0.3) is 5.91 Å². The first-order valence-electron chi connectivity index (χ1n) is 8.47. The predicted molar refractivity (Wildman–Crippen MR) is 101 cm³/mol. The van der Waals surface area contributed by atoms with Gasteiger partial charge in [-0.15, -0.1) is 12.4 Å². The molecule has 0 aromatic heterocycles.